The normalized spacial score (nSPS) is 11.9. The van der Waals surface area contributed by atoms with E-state index in [2.05, 4.69) is 9.47 Å². The Balaban J connectivity index is 2.45. The Hall–Kier alpha value is -2.98. The van der Waals surface area contributed by atoms with E-state index >= 15 is 0 Å². The molecule has 0 radical (unpaired) electrons. The quantitative estimate of drug-likeness (QED) is 0.431. The third-order valence-electron chi connectivity index (χ3n) is 2.78. The van der Waals surface area contributed by atoms with E-state index in [4.69, 9.17) is 0 Å². The van der Waals surface area contributed by atoms with Gasteiger partial charge >= 0.3 is 12.7 Å². The molecule has 2 rings (SSSR count). The van der Waals surface area contributed by atoms with Crippen molar-refractivity contribution in [2.45, 2.75) is 12.7 Å². The third-order valence-corrected chi connectivity index (χ3v) is 2.78. The summed E-state index contributed by atoms with van der Waals surface area (Å²) in [6, 6.07) is 6.53. The molecule has 0 bridgehead atoms. The summed E-state index contributed by atoms with van der Waals surface area (Å²) in [6.07, 6.45) is -10.0. The summed E-state index contributed by atoms with van der Waals surface area (Å²) in [5.74, 6) is -1.46. The number of rotatable bonds is 4. The number of nitrogens with zero attached hydrogens (tertiary/aromatic N) is 1. The molecule has 134 valence electrons. The van der Waals surface area contributed by atoms with Crippen molar-refractivity contribution in [3.63, 3.8) is 0 Å². The van der Waals surface area contributed by atoms with Crippen LogP contribution in [0.15, 0.2) is 42.5 Å². The number of benzene rings is 2. The van der Waals surface area contributed by atoms with Gasteiger partial charge in [-0.2, -0.15) is 0 Å². The molecule has 2 aromatic rings. The third kappa shape index (κ3) is 5.26. The molecule has 0 fully saturated rings. The van der Waals surface area contributed by atoms with E-state index in [1.165, 1.54) is 6.07 Å². The lowest BCUT2D eigenvalue weighted by Gasteiger charge is -2.12. The van der Waals surface area contributed by atoms with Crippen LogP contribution in [0.5, 0.6) is 11.5 Å². The molecule has 0 amide bonds. The highest BCUT2D eigenvalue weighted by atomic mass is 19.4. The highest BCUT2D eigenvalue weighted by Crippen LogP contribution is 2.36. The highest BCUT2D eigenvalue weighted by molar-refractivity contribution is 5.75. The van der Waals surface area contributed by atoms with Crippen LogP contribution in [0.4, 0.5) is 32.0 Å². The van der Waals surface area contributed by atoms with Crippen molar-refractivity contribution >= 4 is 5.69 Å². The molecule has 0 aliphatic heterocycles. The van der Waals surface area contributed by atoms with Crippen molar-refractivity contribution in [2.24, 2.45) is 0 Å². The van der Waals surface area contributed by atoms with Crippen molar-refractivity contribution in [2.75, 3.05) is 0 Å². The fourth-order valence-corrected chi connectivity index (χ4v) is 1.96. The van der Waals surface area contributed by atoms with Crippen molar-refractivity contribution in [3.8, 4) is 22.6 Å². The van der Waals surface area contributed by atoms with Gasteiger partial charge in [-0.05, 0) is 29.8 Å². The minimum absolute atomic E-state index is 0.0491. The van der Waals surface area contributed by atoms with Crippen LogP contribution in [0.25, 0.3) is 11.1 Å². The Morgan fingerprint density at radius 1 is 0.840 bits per heavy atom. The zero-order valence-corrected chi connectivity index (χ0v) is 11.9. The van der Waals surface area contributed by atoms with Gasteiger partial charge in [0.25, 0.3) is 5.69 Å². The van der Waals surface area contributed by atoms with Gasteiger partial charge in [0.1, 0.15) is 11.5 Å². The topological polar surface area (TPSA) is 61.6 Å². The summed E-state index contributed by atoms with van der Waals surface area (Å²) in [5, 5.41) is 11.1. The molecule has 25 heavy (non-hydrogen) atoms. The van der Waals surface area contributed by atoms with Gasteiger partial charge in [0.2, 0.25) is 0 Å². The summed E-state index contributed by atoms with van der Waals surface area (Å²) < 4.78 is 80.6. The first kappa shape index (κ1) is 18.4. The van der Waals surface area contributed by atoms with Gasteiger partial charge in [-0.25, -0.2) is 0 Å². The summed E-state index contributed by atoms with van der Waals surface area (Å²) >= 11 is 0. The number of halogens is 6. The van der Waals surface area contributed by atoms with Crippen molar-refractivity contribution in [1.29, 1.82) is 0 Å². The van der Waals surface area contributed by atoms with Gasteiger partial charge in [0.05, 0.1) is 16.6 Å². The fraction of sp³-hybridized carbons (Fsp3) is 0.143. The van der Waals surface area contributed by atoms with Gasteiger partial charge in [-0.1, -0.05) is 12.1 Å². The highest BCUT2D eigenvalue weighted by Gasteiger charge is 2.33. The molecule has 2 aromatic carbocycles. The van der Waals surface area contributed by atoms with Crippen LogP contribution in [-0.2, 0) is 0 Å². The van der Waals surface area contributed by atoms with Crippen LogP contribution in [0.1, 0.15) is 0 Å². The number of hydrogen-bond acceptors (Lipinski definition) is 4. The zero-order valence-electron chi connectivity index (χ0n) is 11.9. The maximum atomic E-state index is 12.2. The minimum Gasteiger partial charge on any atom is -0.406 e. The van der Waals surface area contributed by atoms with Crippen LogP contribution in [0.3, 0.4) is 0 Å². The first-order valence-electron chi connectivity index (χ1n) is 6.35. The number of ether oxygens (including phenoxy) is 2. The van der Waals surface area contributed by atoms with E-state index in [9.17, 15) is 36.5 Å². The molecule has 0 atom stereocenters. The standard InChI is InChI=1S/C14H7F6NO4/c15-13(16,17)24-9-3-1-2-8(6-9)11-5-4-10(25-14(18,19)20)7-12(11)21(22)23/h1-7H. The van der Waals surface area contributed by atoms with E-state index in [0.717, 1.165) is 30.3 Å². The number of nitro groups is 1. The second-order valence-corrected chi connectivity index (χ2v) is 4.56. The molecule has 5 nitrogen and oxygen atoms in total. The van der Waals surface area contributed by atoms with Crippen LogP contribution >= 0.6 is 0 Å². The SMILES string of the molecule is O=[N+]([O-])c1cc(OC(F)(F)F)ccc1-c1cccc(OC(F)(F)F)c1. The number of alkyl halides is 6. The van der Waals surface area contributed by atoms with Gasteiger partial charge in [0, 0.05) is 0 Å². The monoisotopic (exact) mass is 367 g/mol. The second kappa shape index (κ2) is 6.49. The predicted octanol–water partition coefficient (Wildman–Crippen LogP) is 5.06. The van der Waals surface area contributed by atoms with Crippen molar-refractivity contribution in [3.05, 3.63) is 52.6 Å². The fourth-order valence-electron chi connectivity index (χ4n) is 1.96. The average molecular weight is 367 g/mol. The Kier molecular flexibility index (Phi) is 4.77. The maximum Gasteiger partial charge on any atom is 0.573 e. The molecule has 0 spiro atoms. The zero-order chi connectivity index (χ0) is 18.8. The molecule has 0 saturated carbocycles. The predicted molar refractivity (Wildman–Crippen MR) is 71.9 cm³/mol. The van der Waals surface area contributed by atoms with Gasteiger partial charge in [-0.3, -0.25) is 10.1 Å². The van der Waals surface area contributed by atoms with E-state index in [1.54, 1.807) is 0 Å². The van der Waals surface area contributed by atoms with Crippen LogP contribution in [-0.4, -0.2) is 17.6 Å². The van der Waals surface area contributed by atoms with E-state index in [1.807, 2.05) is 0 Å². The van der Waals surface area contributed by atoms with Gasteiger partial charge in [-0.15, -0.1) is 26.3 Å². The Bertz CT molecular complexity index is 788. The average Bonchev–Trinajstić information content (AvgIpc) is 2.43. The maximum absolute atomic E-state index is 12.2. The smallest absolute Gasteiger partial charge is 0.406 e. The number of nitro benzene ring substituents is 1. The lowest BCUT2D eigenvalue weighted by atomic mass is 10.0. The lowest BCUT2D eigenvalue weighted by Crippen LogP contribution is -2.17. The summed E-state index contributed by atoms with van der Waals surface area (Å²) in [4.78, 5) is 10.1. The molecule has 0 aliphatic rings. The van der Waals surface area contributed by atoms with Crippen LogP contribution < -0.4 is 9.47 Å². The summed E-state index contributed by atoms with van der Waals surface area (Å²) in [5.41, 5.74) is -1.02. The molecular formula is C14H7F6NO4. The summed E-state index contributed by atoms with van der Waals surface area (Å²) in [7, 11) is 0. The van der Waals surface area contributed by atoms with Gasteiger partial charge in [0.15, 0.2) is 0 Å². The molecule has 0 unspecified atom stereocenters. The molecule has 0 heterocycles. The Morgan fingerprint density at radius 2 is 1.40 bits per heavy atom. The first-order chi connectivity index (χ1) is 11.4. The Morgan fingerprint density at radius 3 is 1.92 bits per heavy atom. The second-order valence-electron chi connectivity index (χ2n) is 4.56. The van der Waals surface area contributed by atoms with Crippen molar-refractivity contribution < 1.29 is 40.7 Å². The van der Waals surface area contributed by atoms with Gasteiger partial charge < -0.3 is 9.47 Å². The lowest BCUT2D eigenvalue weighted by molar-refractivity contribution is -0.384. The molecule has 0 aliphatic carbocycles. The minimum atomic E-state index is -5.05. The van der Waals surface area contributed by atoms with E-state index in [0.29, 0.717) is 6.07 Å². The van der Waals surface area contributed by atoms with Crippen LogP contribution in [0.2, 0.25) is 0 Å². The largest absolute Gasteiger partial charge is 0.573 e. The Labute approximate surface area is 135 Å². The molecule has 0 N–H and O–H groups in total. The molecule has 0 saturated heterocycles. The number of hydrogen-bond donors (Lipinski definition) is 0. The van der Waals surface area contributed by atoms with E-state index < -0.39 is 34.8 Å². The molecule has 0 aromatic heterocycles. The molecule has 11 heteroatoms. The van der Waals surface area contributed by atoms with Crippen molar-refractivity contribution in [1.82, 2.24) is 0 Å². The summed E-state index contributed by atoms with van der Waals surface area (Å²) in [6.45, 7) is 0. The van der Waals surface area contributed by atoms with E-state index in [-0.39, 0.29) is 11.1 Å². The van der Waals surface area contributed by atoms with Crippen LogP contribution in [0, 0.1) is 10.1 Å². The molecular weight excluding hydrogens is 360 g/mol. The first-order valence-corrected chi connectivity index (χ1v) is 6.35.